The smallest absolute Gasteiger partial charge is 0.246 e. The Bertz CT molecular complexity index is 471. The number of benzene rings is 1. The van der Waals surface area contributed by atoms with Gasteiger partial charge in [0.1, 0.15) is 0 Å². The van der Waals surface area contributed by atoms with Crippen LogP contribution in [0.2, 0.25) is 0 Å². The topological polar surface area (TPSA) is 66.6 Å². The molecule has 0 aromatic heterocycles. The van der Waals surface area contributed by atoms with Crippen molar-refractivity contribution in [2.24, 2.45) is 5.92 Å². The van der Waals surface area contributed by atoms with Gasteiger partial charge < -0.3 is 15.7 Å². The second-order valence-electron chi connectivity index (χ2n) is 4.95. The molecule has 1 heterocycles. The average molecular weight is 260 g/mol. The fourth-order valence-electron chi connectivity index (χ4n) is 2.39. The van der Waals surface area contributed by atoms with Gasteiger partial charge in [-0.15, -0.1) is 0 Å². The molecule has 0 bridgehead atoms. The maximum atomic E-state index is 12.0. The molecule has 4 nitrogen and oxygen atoms in total. The van der Waals surface area contributed by atoms with Gasteiger partial charge in [-0.3, -0.25) is 4.79 Å². The number of hydrogen-bond donors (Lipinski definition) is 2. The standard InChI is InChI=1S/C15H20N2O2/c16-14-3-1-2-12(10-14)4-5-15(19)17-8-6-13(11-17)7-9-18/h1-5,10,13,18H,6-9,11,16H2/b5-4+. The lowest BCUT2D eigenvalue weighted by Crippen LogP contribution is -2.26. The summed E-state index contributed by atoms with van der Waals surface area (Å²) in [5, 5.41) is 8.90. The van der Waals surface area contributed by atoms with E-state index in [0.29, 0.717) is 11.6 Å². The van der Waals surface area contributed by atoms with Gasteiger partial charge in [-0.2, -0.15) is 0 Å². The summed E-state index contributed by atoms with van der Waals surface area (Å²) < 4.78 is 0. The van der Waals surface area contributed by atoms with Crippen LogP contribution in [0.15, 0.2) is 30.3 Å². The van der Waals surface area contributed by atoms with Gasteiger partial charge in [-0.1, -0.05) is 12.1 Å². The van der Waals surface area contributed by atoms with E-state index in [1.165, 1.54) is 0 Å². The van der Waals surface area contributed by atoms with Crippen LogP contribution in [0.5, 0.6) is 0 Å². The van der Waals surface area contributed by atoms with Crippen molar-refractivity contribution in [1.82, 2.24) is 4.90 Å². The Balaban J connectivity index is 1.91. The Morgan fingerprint density at radius 3 is 3.11 bits per heavy atom. The van der Waals surface area contributed by atoms with Crippen molar-refractivity contribution in [1.29, 1.82) is 0 Å². The van der Waals surface area contributed by atoms with E-state index in [9.17, 15) is 4.79 Å². The fourth-order valence-corrected chi connectivity index (χ4v) is 2.39. The van der Waals surface area contributed by atoms with Crippen LogP contribution in [0.25, 0.3) is 6.08 Å². The Hall–Kier alpha value is -1.81. The molecule has 3 N–H and O–H groups in total. The monoisotopic (exact) mass is 260 g/mol. The highest BCUT2D eigenvalue weighted by Crippen LogP contribution is 2.19. The van der Waals surface area contributed by atoms with Crippen molar-refractivity contribution in [2.45, 2.75) is 12.8 Å². The number of aliphatic hydroxyl groups is 1. The van der Waals surface area contributed by atoms with Crippen LogP contribution >= 0.6 is 0 Å². The van der Waals surface area contributed by atoms with E-state index >= 15 is 0 Å². The largest absolute Gasteiger partial charge is 0.399 e. The predicted octanol–water partition coefficient (Wildman–Crippen LogP) is 1.51. The predicted molar refractivity (Wildman–Crippen MR) is 76.3 cm³/mol. The molecule has 4 heteroatoms. The summed E-state index contributed by atoms with van der Waals surface area (Å²) in [4.78, 5) is 13.8. The minimum absolute atomic E-state index is 0.0304. The van der Waals surface area contributed by atoms with Crippen LogP contribution in [-0.2, 0) is 4.79 Å². The zero-order valence-corrected chi connectivity index (χ0v) is 11.0. The molecule has 1 aliphatic rings. The highest BCUT2D eigenvalue weighted by molar-refractivity contribution is 5.92. The van der Waals surface area contributed by atoms with Gasteiger partial charge in [0, 0.05) is 31.5 Å². The molecule has 2 rings (SSSR count). The van der Waals surface area contributed by atoms with E-state index in [0.717, 1.165) is 31.5 Å². The molecule has 0 aliphatic carbocycles. The van der Waals surface area contributed by atoms with Crippen molar-refractivity contribution < 1.29 is 9.90 Å². The molecule has 1 saturated heterocycles. The van der Waals surface area contributed by atoms with E-state index in [2.05, 4.69) is 0 Å². The lowest BCUT2D eigenvalue weighted by Gasteiger charge is -2.13. The summed E-state index contributed by atoms with van der Waals surface area (Å²) in [7, 11) is 0. The maximum Gasteiger partial charge on any atom is 0.246 e. The highest BCUT2D eigenvalue weighted by atomic mass is 16.3. The van der Waals surface area contributed by atoms with E-state index in [1.54, 1.807) is 12.2 Å². The average Bonchev–Trinajstić information content (AvgIpc) is 2.85. The molecule has 1 aromatic carbocycles. The third kappa shape index (κ3) is 3.83. The van der Waals surface area contributed by atoms with E-state index in [4.69, 9.17) is 10.8 Å². The van der Waals surface area contributed by atoms with Crippen molar-refractivity contribution >= 4 is 17.7 Å². The molecule has 1 atom stereocenters. The van der Waals surface area contributed by atoms with Crippen molar-refractivity contribution in [3.63, 3.8) is 0 Å². The van der Waals surface area contributed by atoms with Crippen LogP contribution in [0, 0.1) is 5.92 Å². The fraction of sp³-hybridized carbons (Fsp3) is 0.400. The molecule has 19 heavy (non-hydrogen) atoms. The Morgan fingerprint density at radius 2 is 2.37 bits per heavy atom. The highest BCUT2D eigenvalue weighted by Gasteiger charge is 2.24. The van der Waals surface area contributed by atoms with Crippen molar-refractivity contribution in [3.8, 4) is 0 Å². The Labute approximate surface area is 113 Å². The van der Waals surface area contributed by atoms with Crippen LogP contribution in [0.3, 0.4) is 0 Å². The van der Waals surface area contributed by atoms with Gasteiger partial charge in [-0.05, 0) is 42.5 Å². The third-order valence-corrected chi connectivity index (χ3v) is 3.46. The second kappa shape index (κ2) is 6.38. The van der Waals surface area contributed by atoms with E-state index in [1.807, 2.05) is 29.2 Å². The quantitative estimate of drug-likeness (QED) is 0.637. The Morgan fingerprint density at radius 1 is 1.53 bits per heavy atom. The number of amides is 1. The van der Waals surface area contributed by atoms with Crippen LogP contribution in [-0.4, -0.2) is 35.6 Å². The number of carbonyl (C=O) groups excluding carboxylic acids is 1. The number of hydrogen-bond acceptors (Lipinski definition) is 3. The molecule has 1 aliphatic heterocycles. The summed E-state index contributed by atoms with van der Waals surface area (Å²) in [5.41, 5.74) is 7.31. The summed E-state index contributed by atoms with van der Waals surface area (Å²) in [6.45, 7) is 1.73. The molecule has 1 aromatic rings. The first-order valence-electron chi connectivity index (χ1n) is 6.62. The third-order valence-electron chi connectivity index (χ3n) is 3.46. The van der Waals surface area contributed by atoms with E-state index in [-0.39, 0.29) is 12.5 Å². The van der Waals surface area contributed by atoms with Crippen LogP contribution in [0.1, 0.15) is 18.4 Å². The van der Waals surface area contributed by atoms with E-state index < -0.39 is 0 Å². The number of carbonyl (C=O) groups is 1. The first-order valence-corrected chi connectivity index (χ1v) is 6.62. The number of anilines is 1. The molecule has 1 fully saturated rings. The van der Waals surface area contributed by atoms with Gasteiger partial charge >= 0.3 is 0 Å². The summed E-state index contributed by atoms with van der Waals surface area (Å²) in [6, 6.07) is 7.44. The number of rotatable bonds is 4. The molecule has 0 saturated carbocycles. The molecular formula is C15H20N2O2. The summed E-state index contributed by atoms with van der Waals surface area (Å²) in [5.74, 6) is 0.470. The van der Waals surface area contributed by atoms with Gasteiger partial charge in [-0.25, -0.2) is 0 Å². The molecule has 1 unspecified atom stereocenters. The normalized spacial score (nSPS) is 19.2. The van der Waals surface area contributed by atoms with Gasteiger partial charge in [0.25, 0.3) is 0 Å². The lowest BCUT2D eigenvalue weighted by atomic mass is 10.1. The SMILES string of the molecule is Nc1cccc(/C=C/C(=O)N2CCC(CCO)C2)c1. The first kappa shape index (κ1) is 13.6. The minimum Gasteiger partial charge on any atom is -0.399 e. The van der Waals surface area contributed by atoms with Crippen molar-refractivity contribution in [3.05, 3.63) is 35.9 Å². The number of nitrogen functional groups attached to an aromatic ring is 1. The number of aliphatic hydroxyl groups excluding tert-OH is 1. The van der Waals surface area contributed by atoms with Gasteiger partial charge in [0.2, 0.25) is 5.91 Å². The first-order chi connectivity index (χ1) is 9.19. The zero-order chi connectivity index (χ0) is 13.7. The van der Waals surface area contributed by atoms with Crippen LogP contribution in [0.4, 0.5) is 5.69 Å². The molecule has 1 amide bonds. The molecule has 0 spiro atoms. The number of nitrogens with zero attached hydrogens (tertiary/aromatic N) is 1. The van der Waals surface area contributed by atoms with Crippen molar-refractivity contribution in [2.75, 3.05) is 25.4 Å². The maximum absolute atomic E-state index is 12.0. The van der Waals surface area contributed by atoms with Gasteiger partial charge in [0.05, 0.1) is 0 Å². The number of nitrogens with two attached hydrogens (primary N) is 1. The zero-order valence-electron chi connectivity index (χ0n) is 11.0. The second-order valence-corrected chi connectivity index (χ2v) is 4.95. The van der Waals surface area contributed by atoms with Crippen LogP contribution < -0.4 is 5.73 Å². The lowest BCUT2D eigenvalue weighted by molar-refractivity contribution is -0.125. The molecule has 0 radical (unpaired) electrons. The Kier molecular flexibility index (Phi) is 4.58. The molecule has 102 valence electrons. The minimum atomic E-state index is 0.0304. The summed E-state index contributed by atoms with van der Waals surface area (Å²) >= 11 is 0. The molecular weight excluding hydrogens is 240 g/mol. The van der Waals surface area contributed by atoms with Gasteiger partial charge in [0.15, 0.2) is 0 Å². The summed E-state index contributed by atoms with van der Waals surface area (Å²) in [6.07, 6.45) is 5.15. The number of likely N-dealkylation sites (tertiary alicyclic amines) is 1.